The minimum Gasteiger partial charge on any atom is -0.319 e. The van der Waals surface area contributed by atoms with Gasteiger partial charge in [-0.05, 0) is 42.1 Å². The minimum atomic E-state index is -0.175. The number of carbonyl (C=O) groups excluding carboxylic acids is 1. The number of benzene rings is 1. The number of anilines is 1. The molecular weight excluding hydrogens is 318 g/mol. The number of aromatic amines is 1. The molecule has 0 bridgehead atoms. The fourth-order valence-electron chi connectivity index (χ4n) is 2.15. The molecule has 1 aromatic carbocycles. The van der Waals surface area contributed by atoms with E-state index in [4.69, 9.17) is 11.6 Å². The van der Waals surface area contributed by atoms with E-state index >= 15 is 0 Å². The average Bonchev–Trinajstić information content (AvgIpc) is 3.16. The summed E-state index contributed by atoms with van der Waals surface area (Å²) in [7, 11) is 0. The third-order valence-corrected chi connectivity index (χ3v) is 4.42. The number of nitrogens with zero attached hydrogens (tertiary/aromatic N) is 1. The van der Waals surface area contributed by atoms with Gasteiger partial charge in [-0.15, -0.1) is 11.3 Å². The van der Waals surface area contributed by atoms with Gasteiger partial charge in [-0.25, -0.2) is 0 Å². The molecule has 0 radical (unpaired) electrons. The summed E-state index contributed by atoms with van der Waals surface area (Å²) in [6, 6.07) is 10.8. The van der Waals surface area contributed by atoms with Crippen molar-refractivity contribution in [3.63, 3.8) is 0 Å². The highest BCUT2D eigenvalue weighted by molar-refractivity contribution is 7.13. The monoisotopic (exact) mass is 331 g/mol. The van der Waals surface area contributed by atoms with Crippen LogP contribution in [0.1, 0.15) is 23.0 Å². The molecular formula is C16H14ClN3OS. The molecule has 2 heterocycles. The first kappa shape index (κ1) is 14.8. The van der Waals surface area contributed by atoms with Crippen molar-refractivity contribution in [1.82, 2.24) is 10.2 Å². The van der Waals surface area contributed by atoms with Gasteiger partial charge < -0.3 is 5.32 Å². The van der Waals surface area contributed by atoms with E-state index < -0.39 is 0 Å². The number of halogens is 1. The third kappa shape index (κ3) is 2.91. The molecule has 0 aliphatic heterocycles. The molecule has 0 aliphatic rings. The number of H-pyrrole nitrogens is 1. The Morgan fingerprint density at radius 2 is 2.09 bits per heavy atom. The molecule has 2 N–H and O–H groups in total. The summed E-state index contributed by atoms with van der Waals surface area (Å²) < 4.78 is 0. The van der Waals surface area contributed by atoms with Gasteiger partial charge in [-0.3, -0.25) is 9.89 Å². The van der Waals surface area contributed by atoms with Crippen molar-refractivity contribution in [2.45, 2.75) is 13.3 Å². The predicted octanol–water partition coefficient (Wildman–Crippen LogP) is 4.61. The molecule has 22 heavy (non-hydrogen) atoms. The smallest absolute Gasteiger partial charge is 0.255 e. The Morgan fingerprint density at radius 3 is 2.73 bits per heavy atom. The highest BCUT2D eigenvalue weighted by Gasteiger charge is 2.17. The Morgan fingerprint density at radius 1 is 1.32 bits per heavy atom. The van der Waals surface area contributed by atoms with E-state index in [1.165, 1.54) is 0 Å². The Balaban J connectivity index is 1.92. The first-order valence-electron chi connectivity index (χ1n) is 6.87. The van der Waals surface area contributed by atoms with Crippen LogP contribution in [-0.2, 0) is 6.42 Å². The second-order valence-corrected chi connectivity index (χ2v) is 6.10. The molecule has 0 atom stereocenters. The zero-order chi connectivity index (χ0) is 15.5. The molecule has 112 valence electrons. The van der Waals surface area contributed by atoms with Gasteiger partial charge in [0.1, 0.15) is 5.69 Å². The second kappa shape index (κ2) is 6.34. The molecule has 0 unspecified atom stereocenters. The number of amides is 1. The lowest BCUT2D eigenvalue weighted by molar-refractivity contribution is 0.102. The average molecular weight is 332 g/mol. The van der Waals surface area contributed by atoms with Crippen molar-refractivity contribution in [3.05, 3.63) is 58.1 Å². The van der Waals surface area contributed by atoms with Gasteiger partial charge in [0.25, 0.3) is 5.91 Å². The van der Waals surface area contributed by atoms with Gasteiger partial charge in [0, 0.05) is 10.6 Å². The number of thiophene rings is 1. The summed E-state index contributed by atoms with van der Waals surface area (Å²) in [6.45, 7) is 2.02. The second-order valence-electron chi connectivity index (χ2n) is 4.72. The summed E-state index contributed by atoms with van der Waals surface area (Å²) in [5.74, 6) is -0.175. The van der Waals surface area contributed by atoms with Crippen LogP contribution in [0.3, 0.4) is 0 Å². The molecule has 0 aliphatic carbocycles. The molecule has 0 saturated carbocycles. The summed E-state index contributed by atoms with van der Waals surface area (Å²) in [5.41, 5.74) is 2.98. The van der Waals surface area contributed by atoms with Crippen molar-refractivity contribution in [2.75, 3.05) is 5.32 Å². The number of hydrogen-bond donors (Lipinski definition) is 2. The van der Waals surface area contributed by atoms with Crippen LogP contribution in [0, 0.1) is 0 Å². The molecule has 4 nitrogen and oxygen atoms in total. The molecule has 6 heteroatoms. The van der Waals surface area contributed by atoms with Gasteiger partial charge >= 0.3 is 0 Å². The minimum absolute atomic E-state index is 0.175. The lowest BCUT2D eigenvalue weighted by Crippen LogP contribution is -2.13. The summed E-state index contributed by atoms with van der Waals surface area (Å²) >= 11 is 7.44. The van der Waals surface area contributed by atoms with Crippen LogP contribution in [0.4, 0.5) is 5.69 Å². The maximum absolute atomic E-state index is 12.4. The van der Waals surface area contributed by atoms with E-state index in [9.17, 15) is 4.79 Å². The molecule has 2 aromatic heterocycles. The van der Waals surface area contributed by atoms with Crippen molar-refractivity contribution in [3.8, 4) is 10.6 Å². The van der Waals surface area contributed by atoms with Gasteiger partial charge in [-0.1, -0.05) is 24.6 Å². The van der Waals surface area contributed by atoms with Crippen LogP contribution in [0.25, 0.3) is 10.6 Å². The molecule has 1 amide bonds. The van der Waals surface area contributed by atoms with E-state index in [-0.39, 0.29) is 5.91 Å². The van der Waals surface area contributed by atoms with Crippen molar-refractivity contribution >= 4 is 34.5 Å². The van der Waals surface area contributed by atoms with Crippen molar-refractivity contribution in [1.29, 1.82) is 0 Å². The van der Waals surface area contributed by atoms with Gasteiger partial charge in [0.15, 0.2) is 0 Å². The Bertz CT molecular complexity index is 778. The first-order chi connectivity index (χ1) is 10.7. The number of hydrogen-bond acceptors (Lipinski definition) is 3. The number of carbonyl (C=O) groups is 1. The Labute approximate surface area is 137 Å². The zero-order valence-corrected chi connectivity index (χ0v) is 13.5. The highest BCUT2D eigenvalue weighted by Crippen LogP contribution is 2.32. The van der Waals surface area contributed by atoms with E-state index in [0.717, 1.165) is 28.4 Å². The number of aryl methyl sites for hydroxylation is 1. The maximum Gasteiger partial charge on any atom is 0.255 e. The maximum atomic E-state index is 12.4. The highest BCUT2D eigenvalue weighted by atomic mass is 35.5. The van der Waals surface area contributed by atoms with Gasteiger partial charge in [0.05, 0.1) is 16.3 Å². The molecule has 3 rings (SSSR count). The lowest BCUT2D eigenvalue weighted by atomic mass is 10.2. The quantitative estimate of drug-likeness (QED) is 0.733. The summed E-state index contributed by atoms with van der Waals surface area (Å²) in [4.78, 5) is 13.4. The summed E-state index contributed by atoms with van der Waals surface area (Å²) in [5, 5.41) is 12.9. The van der Waals surface area contributed by atoms with Gasteiger partial charge in [0.2, 0.25) is 0 Å². The summed E-state index contributed by atoms with van der Waals surface area (Å²) in [6.07, 6.45) is 0.759. The normalized spacial score (nSPS) is 10.6. The SMILES string of the molecule is CCc1[nH]nc(-c2cccs2)c1NC(=O)c1ccc(Cl)cc1. The number of aromatic nitrogens is 2. The standard InChI is InChI=1S/C16H14ClN3OS/c1-2-12-14(15(20-19-12)13-4-3-9-22-13)18-16(21)10-5-7-11(17)8-6-10/h3-9H,2H2,1H3,(H,18,21)(H,19,20). The number of nitrogens with one attached hydrogen (secondary N) is 2. The van der Waals surface area contributed by atoms with Crippen LogP contribution >= 0.6 is 22.9 Å². The van der Waals surface area contributed by atoms with Crippen LogP contribution in [0.15, 0.2) is 41.8 Å². The predicted molar refractivity (Wildman–Crippen MR) is 90.7 cm³/mol. The first-order valence-corrected chi connectivity index (χ1v) is 8.13. The van der Waals surface area contributed by atoms with E-state index in [1.54, 1.807) is 35.6 Å². The van der Waals surface area contributed by atoms with E-state index in [2.05, 4.69) is 15.5 Å². The lowest BCUT2D eigenvalue weighted by Gasteiger charge is -2.07. The van der Waals surface area contributed by atoms with Crippen molar-refractivity contribution in [2.24, 2.45) is 0 Å². The molecule has 3 aromatic rings. The molecule has 0 saturated heterocycles. The van der Waals surface area contributed by atoms with E-state index in [1.807, 2.05) is 24.4 Å². The fourth-order valence-corrected chi connectivity index (χ4v) is 2.99. The fraction of sp³-hybridized carbons (Fsp3) is 0.125. The topological polar surface area (TPSA) is 57.8 Å². The Hall–Kier alpha value is -2.11. The van der Waals surface area contributed by atoms with E-state index in [0.29, 0.717) is 10.6 Å². The Kier molecular flexibility index (Phi) is 4.27. The third-order valence-electron chi connectivity index (χ3n) is 3.29. The van der Waals surface area contributed by atoms with Gasteiger partial charge in [-0.2, -0.15) is 5.10 Å². The molecule has 0 fully saturated rings. The largest absolute Gasteiger partial charge is 0.319 e. The van der Waals surface area contributed by atoms with Crippen molar-refractivity contribution < 1.29 is 4.79 Å². The number of rotatable bonds is 4. The van der Waals surface area contributed by atoms with Crippen LogP contribution in [0.5, 0.6) is 0 Å². The zero-order valence-electron chi connectivity index (χ0n) is 11.9. The van der Waals surface area contributed by atoms with Crippen LogP contribution in [0.2, 0.25) is 5.02 Å². The van der Waals surface area contributed by atoms with Crippen LogP contribution in [-0.4, -0.2) is 16.1 Å². The van der Waals surface area contributed by atoms with Crippen LogP contribution < -0.4 is 5.32 Å². The molecule has 0 spiro atoms.